The molecule has 0 spiro atoms. The number of likely N-dealkylation sites (tertiary alicyclic amines) is 1. The molecule has 1 amide bonds. The van der Waals surface area contributed by atoms with E-state index in [9.17, 15) is 4.79 Å². The summed E-state index contributed by atoms with van der Waals surface area (Å²) in [5.74, 6) is 1.28. The van der Waals surface area contributed by atoms with E-state index in [0.717, 1.165) is 30.3 Å². The number of benzene rings is 1. The highest BCUT2D eigenvalue weighted by Crippen LogP contribution is 2.40. The molecule has 0 saturated carbocycles. The van der Waals surface area contributed by atoms with Crippen LogP contribution in [0.15, 0.2) is 16.6 Å². The number of carbonyl (C=O) groups excluding carboxylic acids is 1. The molecule has 2 atom stereocenters. The second kappa shape index (κ2) is 5.85. The highest BCUT2D eigenvalue weighted by Gasteiger charge is 2.31. The molecule has 2 heterocycles. The second-order valence-corrected chi connectivity index (χ2v) is 6.47. The Kier molecular flexibility index (Phi) is 4.08. The maximum atomic E-state index is 12.8. The Balaban J connectivity index is 1.89. The Morgan fingerprint density at radius 2 is 2.24 bits per heavy atom. The van der Waals surface area contributed by atoms with E-state index in [4.69, 9.17) is 15.2 Å². The zero-order chi connectivity index (χ0) is 15.0. The van der Waals surface area contributed by atoms with E-state index < -0.39 is 0 Å². The number of halogens is 1. The molecule has 2 aliphatic rings. The second-order valence-electron chi connectivity index (χ2n) is 5.61. The highest BCUT2D eigenvalue weighted by atomic mass is 79.9. The monoisotopic (exact) mass is 354 g/mol. The van der Waals surface area contributed by atoms with Gasteiger partial charge in [0.25, 0.3) is 5.91 Å². The van der Waals surface area contributed by atoms with Crippen molar-refractivity contribution < 1.29 is 14.3 Å². The maximum Gasteiger partial charge on any atom is 0.254 e. The minimum Gasteiger partial charge on any atom is -0.454 e. The van der Waals surface area contributed by atoms with Gasteiger partial charge in [-0.05, 0) is 54.2 Å². The van der Waals surface area contributed by atoms with Crippen LogP contribution < -0.4 is 15.2 Å². The van der Waals surface area contributed by atoms with Crippen molar-refractivity contribution in [2.45, 2.75) is 38.3 Å². The van der Waals surface area contributed by atoms with E-state index in [2.05, 4.69) is 15.9 Å². The van der Waals surface area contributed by atoms with Crippen LogP contribution in [0.2, 0.25) is 0 Å². The number of ether oxygens (including phenoxy) is 2. The molecule has 5 nitrogen and oxygen atoms in total. The molecule has 0 bridgehead atoms. The Morgan fingerprint density at radius 3 is 3.00 bits per heavy atom. The first-order valence-electron chi connectivity index (χ1n) is 7.23. The predicted octanol–water partition coefficient (Wildman–Crippen LogP) is 2.52. The first kappa shape index (κ1) is 14.7. The van der Waals surface area contributed by atoms with Gasteiger partial charge in [0, 0.05) is 24.2 Å². The molecule has 6 heteroatoms. The molecule has 0 radical (unpaired) electrons. The minimum absolute atomic E-state index is 0.0102. The first-order chi connectivity index (χ1) is 10.1. The van der Waals surface area contributed by atoms with Gasteiger partial charge in [0.2, 0.25) is 6.79 Å². The summed E-state index contributed by atoms with van der Waals surface area (Å²) in [6.45, 7) is 2.92. The number of amides is 1. The van der Waals surface area contributed by atoms with Gasteiger partial charge < -0.3 is 20.1 Å². The molecular weight excluding hydrogens is 336 g/mol. The van der Waals surface area contributed by atoms with Crippen molar-refractivity contribution in [2.75, 3.05) is 13.3 Å². The quantitative estimate of drug-likeness (QED) is 0.886. The number of hydrogen-bond acceptors (Lipinski definition) is 4. The number of nitrogens with two attached hydrogens (primary N) is 1. The molecule has 1 fully saturated rings. The van der Waals surface area contributed by atoms with Gasteiger partial charge in [-0.15, -0.1) is 0 Å². The average molecular weight is 355 g/mol. The largest absolute Gasteiger partial charge is 0.454 e. The summed E-state index contributed by atoms with van der Waals surface area (Å²) < 4.78 is 11.5. The van der Waals surface area contributed by atoms with Crippen molar-refractivity contribution in [1.82, 2.24) is 4.90 Å². The van der Waals surface area contributed by atoms with Gasteiger partial charge in [-0.25, -0.2) is 0 Å². The molecule has 0 aromatic heterocycles. The van der Waals surface area contributed by atoms with E-state index in [1.54, 1.807) is 12.1 Å². The summed E-state index contributed by atoms with van der Waals surface area (Å²) in [4.78, 5) is 14.7. The third-order valence-corrected chi connectivity index (χ3v) is 4.68. The molecule has 1 aromatic carbocycles. The van der Waals surface area contributed by atoms with E-state index in [1.165, 1.54) is 0 Å². The van der Waals surface area contributed by atoms with Crippen LogP contribution in [0, 0.1) is 0 Å². The van der Waals surface area contributed by atoms with Gasteiger partial charge in [-0.3, -0.25) is 4.79 Å². The Hall–Kier alpha value is -1.27. The van der Waals surface area contributed by atoms with E-state index in [-0.39, 0.29) is 24.8 Å². The van der Waals surface area contributed by atoms with Crippen LogP contribution >= 0.6 is 15.9 Å². The number of rotatable bonds is 2. The molecule has 2 aliphatic heterocycles. The molecular formula is C15H19BrN2O3. The summed E-state index contributed by atoms with van der Waals surface area (Å²) in [7, 11) is 0. The third-order valence-electron chi connectivity index (χ3n) is 4.09. The van der Waals surface area contributed by atoms with Crippen molar-refractivity contribution in [3.8, 4) is 11.5 Å². The van der Waals surface area contributed by atoms with E-state index in [1.807, 2.05) is 11.8 Å². The number of hydrogen-bond donors (Lipinski definition) is 1. The highest BCUT2D eigenvalue weighted by molar-refractivity contribution is 9.10. The molecule has 21 heavy (non-hydrogen) atoms. The van der Waals surface area contributed by atoms with Gasteiger partial charge >= 0.3 is 0 Å². The lowest BCUT2D eigenvalue weighted by atomic mass is 9.96. The molecule has 114 valence electrons. The van der Waals surface area contributed by atoms with Gasteiger partial charge in [-0.2, -0.15) is 0 Å². The molecule has 1 saturated heterocycles. The fourth-order valence-corrected chi connectivity index (χ4v) is 3.57. The molecule has 1 aromatic rings. The third kappa shape index (κ3) is 2.74. The van der Waals surface area contributed by atoms with Crippen LogP contribution in [0.4, 0.5) is 0 Å². The molecule has 2 unspecified atom stereocenters. The van der Waals surface area contributed by atoms with Gasteiger partial charge in [0.05, 0.1) is 4.47 Å². The van der Waals surface area contributed by atoms with Crippen LogP contribution in [-0.4, -0.2) is 36.2 Å². The number of piperidine rings is 1. The summed E-state index contributed by atoms with van der Waals surface area (Å²) in [5.41, 5.74) is 6.66. The Bertz CT molecular complexity index is 562. The fraction of sp³-hybridized carbons (Fsp3) is 0.533. The molecule has 2 N–H and O–H groups in total. The summed E-state index contributed by atoms with van der Waals surface area (Å²) in [5, 5.41) is 0. The standard InChI is InChI=1S/C15H19BrN2O3/c1-9(17)12-4-2-3-5-18(12)15(19)10-6-11(16)14-13(7-10)20-8-21-14/h6-7,9,12H,2-5,8,17H2,1H3. The van der Waals surface area contributed by atoms with Crippen molar-refractivity contribution >= 4 is 21.8 Å². The smallest absolute Gasteiger partial charge is 0.254 e. The summed E-state index contributed by atoms with van der Waals surface area (Å²) >= 11 is 3.43. The predicted molar refractivity (Wildman–Crippen MR) is 82.6 cm³/mol. The van der Waals surface area contributed by atoms with Gasteiger partial charge in [0.15, 0.2) is 11.5 Å². The lowest BCUT2D eigenvalue weighted by Crippen LogP contribution is -2.51. The van der Waals surface area contributed by atoms with Crippen molar-refractivity contribution in [2.24, 2.45) is 5.73 Å². The first-order valence-corrected chi connectivity index (χ1v) is 8.03. The number of carbonyl (C=O) groups is 1. The lowest BCUT2D eigenvalue weighted by Gasteiger charge is -2.38. The topological polar surface area (TPSA) is 64.8 Å². The average Bonchev–Trinajstić information content (AvgIpc) is 2.95. The minimum atomic E-state index is -0.0216. The number of fused-ring (bicyclic) bond motifs is 1. The van der Waals surface area contributed by atoms with Crippen LogP contribution in [0.3, 0.4) is 0 Å². The van der Waals surface area contributed by atoms with Gasteiger partial charge in [-0.1, -0.05) is 0 Å². The maximum absolute atomic E-state index is 12.8. The van der Waals surface area contributed by atoms with Crippen LogP contribution in [-0.2, 0) is 0 Å². The van der Waals surface area contributed by atoms with Crippen LogP contribution in [0.5, 0.6) is 11.5 Å². The van der Waals surface area contributed by atoms with E-state index in [0.29, 0.717) is 17.1 Å². The van der Waals surface area contributed by atoms with Crippen molar-refractivity contribution in [3.05, 3.63) is 22.2 Å². The normalized spacial score (nSPS) is 22.2. The van der Waals surface area contributed by atoms with Crippen LogP contribution in [0.1, 0.15) is 36.5 Å². The Morgan fingerprint density at radius 1 is 1.43 bits per heavy atom. The fourth-order valence-electron chi connectivity index (χ4n) is 3.01. The van der Waals surface area contributed by atoms with Crippen molar-refractivity contribution in [1.29, 1.82) is 0 Å². The zero-order valence-corrected chi connectivity index (χ0v) is 13.6. The van der Waals surface area contributed by atoms with Crippen LogP contribution in [0.25, 0.3) is 0 Å². The molecule has 0 aliphatic carbocycles. The van der Waals surface area contributed by atoms with Gasteiger partial charge in [0.1, 0.15) is 0 Å². The summed E-state index contributed by atoms with van der Waals surface area (Å²) in [6, 6.07) is 3.63. The lowest BCUT2D eigenvalue weighted by molar-refractivity contribution is 0.0583. The van der Waals surface area contributed by atoms with E-state index >= 15 is 0 Å². The molecule has 3 rings (SSSR count). The Labute approximate surface area is 132 Å². The van der Waals surface area contributed by atoms with Crippen molar-refractivity contribution in [3.63, 3.8) is 0 Å². The SMILES string of the molecule is CC(N)C1CCCCN1C(=O)c1cc(Br)c2c(c1)OCO2. The number of nitrogens with zero attached hydrogens (tertiary/aromatic N) is 1. The zero-order valence-electron chi connectivity index (χ0n) is 12.0. The summed E-state index contributed by atoms with van der Waals surface area (Å²) in [6.07, 6.45) is 3.12.